The van der Waals surface area contributed by atoms with E-state index in [-0.39, 0.29) is 34.4 Å². The van der Waals surface area contributed by atoms with Crippen LogP contribution in [0.2, 0.25) is 0 Å². The molecule has 2 aromatic rings. The number of rotatable bonds is 4. The summed E-state index contributed by atoms with van der Waals surface area (Å²) in [5.74, 6) is -1.88. The average molecular weight is 408 g/mol. The van der Waals surface area contributed by atoms with Crippen LogP contribution in [0.1, 0.15) is 22.3 Å². The molecule has 0 aliphatic rings. The van der Waals surface area contributed by atoms with Crippen molar-refractivity contribution in [2.24, 2.45) is 0 Å². The Hall–Kier alpha value is -3.72. The second-order valence-electron chi connectivity index (χ2n) is 5.59. The zero-order chi connectivity index (χ0) is 21.7. The molecule has 0 amide bonds. The Morgan fingerprint density at radius 2 is 1.10 bits per heavy atom. The highest BCUT2D eigenvalue weighted by Gasteiger charge is 2.29. The van der Waals surface area contributed by atoms with Crippen molar-refractivity contribution >= 4 is 11.5 Å². The molecule has 0 unspecified atom stereocenters. The molecule has 2 rings (SSSR count). The normalized spacial score (nSPS) is 12.8. The van der Waals surface area contributed by atoms with Gasteiger partial charge in [0.15, 0.2) is 0 Å². The molecule has 2 aromatic carbocycles. The van der Waals surface area contributed by atoms with Crippen LogP contribution in [0.4, 0.5) is 26.3 Å². The summed E-state index contributed by atoms with van der Waals surface area (Å²) in [7, 11) is 0. The summed E-state index contributed by atoms with van der Waals surface area (Å²) in [6, 6.07) is 13.1. The molecule has 0 atom stereocenters. The zero-order valence-corrected chi connectivity index (χ0v) is 14.3. The van der Waals surface area contributed by atoms with Gasteiger partial charge in [-0.2, -0.15) is 36.9 Å². The number of hydrogen-bond donors (Lipinski definition) is 0. The minimum atomic E-state index is -4.91. The molecule has 3 nitrogen and oxygen atoms in total. The smallest absolute Gasteiger partial charge is 0.413 e. The highest BCUT2D eigenvalue weighted by atomic mass is 19.4. The van der Waals surface area contributed by atoms with Crippen LogP contribution in [0.15, 0.2) is 60.7 Å². The number of allylic oxidation sites excluding steroid dienone is 2. The molecule has 9 heteroatoms. The number of nitriles is 2. The first-order chi connectivity index (χ1) is 13.5. The fourth-order valence-corrected chi connectivity index (χ4v) is 2.24. The summed E-state index contributed by atoms with van der Waals surface area (Å²) < 4.78 is 82.9. The molecule has 29 heavy (non-hydrogen) atoms. The Bertz CT molecular complexity index is 953. The summed E-state index contributed by atoms with van der Waals surface area (Å²) in [6.45, 7) is 0. The molecule has 148 valence electrons. The maximum atomic E-state index is 13.0. The number of alkyl halides is 6. The average Bonchev–Trinajstić information content (AvgIpc) is 2.65. The SMILES string of the molecule is N#Cc1cccc(C(=CC(F)(F)F)OC(=CC(F)(F)F)c2cccc(C#N)c2)c1. The molecule has 0 saturated carbocycles. The van der Waals surface area contributed by atoms with E-state index in [0.29, 0.717) is 0 Å². The van der Waals surface area contributed by atoms with Crippen molar-refractivity contribution in [2.75, 3.05) is 0 Å². The fourth-order valence-electron chi connectivity index (χ4n) is 2.24. The monoisotopic (exact) mass is 408 g/mol. The molecular formula is C20H10F6N2O. The number of benzene rings is 2. The third-order valence-electron chi connectivity index (χ3n) is 3.36. The van der Waals surface area contributed by atoms with E-state index in [1.54, 1.807) is 12.1 Å². The van der Waals surface area contributed by atoms with Gasteiger partial charge in [-0.05, 0) is 24.3 Å². The lowest BCUT2D eigenvalue weighted by atomic mass is 10.1. The van der Waals surface area contributed by atoms with Gasteiger partial charge in [0.25, 0.3) is 0 Å². The first-order valence-corrected chi connectivity index (χ1v) is 7.79. The standard InChI is InChI=1S/C20H10F6N2O/c21-19(22,23)9-17(15-5-1-3-13(7-15)11-27)29-18(10-20(24,25)26)16-6-2-4-14(8-16)12-28/h1-10H. The molecule has 0 radical (unpaired) electrons. The summed E-state index contributed by atoms with van der Waals surface area (Å²) in [5.41, 5.74) is -0.504. The summed E-state index contributed by atoms with van der Waals surface area (Å²) >= 11 is 0. The van der Waals surface area contributed by atoms with Gasteiger partial charge in [0.05, 0.1) is 35.4 Å². The van der Waals surface area contributed by atoms with E-state index >= 15 is 0 Å². The first-order valence-electron chi connectivity index (χ1n) is 7.79. The largest absolute Gasteiger partial charge is 0.456 e. The van der Waals surface area contributed by atoms with E-state index in [0.717, 1.165) is 24.3 Å². The van der Waals surface area contributed by atoms with Gasteiger partial charge in [-0.3, -0.25) is 0 Å². The third kappa shape index (κ3) is 6.74. The van der Waals surface area contributed by atoms with Crippen molar-refractivity contribution in [1.29, 1.82) is 10.5 Å². The topological polar surface area (TPSA) is 56.8 Å². The number of hydrogen-bond acceptors (Lipinski definition) is 3. The predicted molar refractivity (Wildman–Crippen MR) is 91.5 cm³/mol. The van der Waals surface area contributed by atoms with E-state index in [1.807, 2.05) is 0 Å². The summed E-state index contributed by atoms with van der Waals surface area (Å²) in [6.07, 6.45) is -10.4. The first kappa shape index (κ1) is 21.6. The van der Waals surface area contributed by atoms with Crippen LogP contribution < -0.4 is 0 Å². The van der Waals surface area contributed by atoms with E-state index in [9.17, 15) is 26.3 Å². The van der Waals surface area contributed by atoms with Crippen LogP contribution in [0, 0.1) is 22.7 Å². The zero-order valence-electron chi connectivity index (χ0n) is 14.3. The summed E-state index contributed by atoms with van der Waals surface area (Å²) in [4.78, 5) is 0. The van der Waals surface area contributed by atoms with Gasteiger partial charge in [-0.1, -0.05) is 24.3 Å². The van der Waals surface area contributed by atoms with E-state index in [4.69, 9.17) is 15.3 Å². The fraction of sp³-hybridized carbons (Fsp3) is 0.100. The Morgan fingerprint density at radius 1 is 0.724 bits per heavy atom. The second-order valence-corrected chi connectivity index (χ2v) is 5.59. The second kappa shape index (κ2) is 8.53. The highest BCUT2D eigenvalue weighted by molar-refractivity contribution is 5.71. The minimum Gasteiger partial charge on any atom is -0.456 e. The number of ether oxygens (including phenoxy) is 1. The highest BCUT2D eigenvalue weighted by Crippen LogP contribution is 2.33. The lowest BCUT2D eigenvalue weighted by molar-refractivity contribution is -0.0803. The van der Waals surface area contributed by atoms with E-state index in [1.165, 1.54) is 24.3 Å². The van der Waals surface area contributed by atoms with Crippen LogP contribution in [0.5, 0.6) is 0 Å². The molecule has 0 aromatic heterocycles. The maximum absolute atomic E-state index is 13.0. The quantitative estimate of drug-likeness (QED) is 0.464. The molecule has 0 heterocycles. The van der Waals surface area contributed by atoms with Gasteiger partial charge in [0, 0.05) is 11.1 Å². The van der Waals surface area contributed by atoms with Gasteiger partial charge in [-0.25, -0.2) is 0 Å². The van der Waals surface area contributed by atoms with Crippen LogP contribution in [-0.4, -0.2) is 12.4 Å². The van der Waals surface area contributed by atoms with Crippen LogP contribution >= 0.6 is 0 Å². The van der Waals surface area contributed by atoms with Gasteiger partial charge in [0.1, 0.15) is 11.5 Å². The van der Waals surface area contributed by atoms with Gasteiger partial charge >= 0.3 is 12.4 Å². The molecular weight excluding hydrogens is 398 g/mol. The Morgan fingerprint density at radius 3 is 1.41 bits per heavy atom. The summed E-state index contributed by atoms with van der Waals surface area (Å²) in [5, 5.41) is 17.8. The van der Waals surface area contributed by atoms with Crippen molar-refractivity contribution in [3.8, 4) is 12.1 Å². The van der Waals surface area contributed by atoms with Gasteiger partial charge in [-0.15, -0.1) is 0 Å². The molecule has 0 saturated heterocycles. The van der Waals surface area contributed by atoms with Crippen LogP contribution in [0.3, 0.4) is 0 Å². The van der Waals surface area contributed by atoms with Crippen LogP contribution in [0.25, 0.3) is 11.5 Å². The van der Waals surface area contributed by atoms with E-state index in [2.05, 4.69) is 0 Å². The molecule has 0 N–H and O–H groups in total. The number of nitrogens with zero attached hydrogens (tertiary/aromatic N) is 2. The molecule has 0 fully saturated rings. The molecule has 0 aliphatic carbocycles. The van der Waals surface area contributed by atoms with Crippen molar-refractivity contribution in [3.05, 3.63) is 82.9 Å². The molecule has 0 spiro atoms. The minimum absolute atomic E-state index is 0.00740. The van der Waals surface area contributed by atoms with Crippen molar-refractivity contribution in [3.63, 3.8) is 0 Å². The van der Waals surface area contributed by atoms with Crippen molar-refractivity contribution < 1.29 is 31.1 Å². The van der Waals surface area contributed by atoms with Crippen molar-refractivity contribution in [1.82, 2.24) is 0 Å². The lowest BCUT2D eigenvalue weighted by Gasteiger charge is -2.16. The van der Waals surface area contributed by atoms with Gasteiger partial charge in [0.2, 0.25) is 0 Å². The van der Waals surface area contributed by atoms with Gasteiger partial charge < -0.3 is 4.74 Å². The maximum Gasteiger partial charge on any atom is 0.413 e. The lowest BCUT2D eigenvalue weighted by Crippen LogP contribution is -2.08. The number of halogens is 6. The van der Waals surface area contributed by atoms with Crippen molar-refractivity contribution in [2.45, 2.75) is 12.4 Å². The Balaban J connectivity index is 2.62. The Labute approximate surface area is 161 Å². The third-order valence-corrected chi connectivity index (χ3v) is 3.36. The predicted octanol–water partition coefficient (Wildman–Crippen LogP) is 5.95. The Kier molecular flexibility index (Phi) is 6.35. The molecule has 0 bridgehead atoms. The van der Waals surface area contributed by atoms with Crippen LogP contribution in [-0.2, 0) is 4.74 Å². The molecule has 0 aliphatic heterocycles. The van der Waals surface area contributed by atoms with E-state index < -0.39 is 23.9 Å².